The molecule has 21 heavy (non-hydrogen) atoms. The molecule has 2 atom stereocenters. The van der Waals surface area contributed by atoms with Crippen molar-refractivity contribution in [1.82, 2.24) is 10.2 Å². The molecule has 1 saturated heterocycles. The molecule has 1 heterocycles. The average Bonchev–Trinajstić information content (AvgIpc) is 2.68. The van der Waals surface area contributed by atoms with Crippen LogP contribution in [-0.2, 0) is 11.3 Å². The van der Waals surface area contributed by atoms with Gasteiger partial charge in [-0.15, -0.1) is 0 Å². The second-order valence-electron chi connectivity index (χ2n) is 6.07. The van der Waals surface area contributed by atoms with Crippen molar-refractivity contribution in [1.29, 1.82) is 0 Å². The molecule has 1 aliphatic carbocycles. The lowest BCUT2D eigenvalue weighted by Gasteiger charge is -2.36. The third-order valence-corrected chi connectivity index (χ3v) is 4.97. The smallest absolute Gasteiger partial charge is 0.323 e. The Hall–Kier alpha value is -1.55. The number of hydrogen-bond donors (Lipinski definition) is 1. The summed E-state index contributed by atoms with van der Waals surface area (Å²) in [6.07, 6.45) is 3.84. The number of nitrogens with one attached hydrogen (secondary N) is 1. The number of carbonyl (C=O) groups excluding carboxylic acids is 2. The van der Waals surface area contributed by atoms with E-state index in [9.17, 15) is 9.59 Å². The van der Waals surface area contributed by atoms with Crippen LogP contribution < -0.4 is 5.32 Å². The van der Waals surface area contributed by atoms with Gasteiger partial charge in [0.2, 0.25) is 0 Å². The molecule has 3 rings (SSSR count). The molecule has 1 N–H and O–H groups in total. The van der Waals surface area contributed by atoms with Crippen LogP contribution in [0.1, 0.15) is 38.2 Å². The minimum Gasteiger partial charge on any atom is -0.323 e. The van der Waals surface area contributed by atoms with Gasteiger partial charge in [-0.2, -0.15) is 0 Å². The number of nitrogens with zero attached hydrogens (tertiary/aromatic N) is 1. The number of carbonyl (C=O) groups is 2. The highest BCUT2D eigenvalue weighted by Crippen LogP contribution is 2.38. The summed E-state index contributed by atoms with van der Waals surface area (Å²) in [4.78, 5) is 26.4. The van der Waals surface area contributed by atoms with Gasteiger partial charge in [0.25, 0.3) is 5.91 Å². The summed E-state index contributed by atoms with van der Waals surface area (Å²) in [7, 11) is 0. The van der Waals surface area contributed by atoms with E-state index in [1.807, 2.05) is 12.1 Å². The molecule has 0 bridgehead atoms. The Morgan fingerprint density at radius 3 is 2.90 bits per heavy atom. The van der Waals surface area contributed by atoms with E-state index in [4.69, 9.17) is 11.6 Å². The SMILES string of the molecule is C[C@@H]1CCCC[C@@]12NC(=O)N(Cc1cccc(Cl)c1)C2=O. The monoisotopic (exact) mass is 306 g/mol. The van der Waals surface area contributed by atoms with Crippen LogP contribution >= 0.6 is 11.6 Å². The number of hydrogen-bond acceptors (Lipinski definition) is 2. The molecule has 1 aromatic carbocycles. The first kappa shape index (κ1) is 14.4. The molecule has 112 valence electrons. The van der Waals surface area contributed by atoms with Crippen molar-refractivity contribution < 1.29 is 9.59 Å². The molecular formula is C16H19ClN2O2. The number of benzene rings is 1. The van der Waals surface area contributed by atoms with Crippen LogP contribution in [0, 0.1) is 5.92 Å². The zero-order valence-corrected chi connectivity index (χ0v) is 12.8. The molecule has 4 nitrogen and oxygen atoms in total. The second kappa shape index (κ2) is 5.34. The molecule has 0 radical (unpaired) electrons. The van der Waals surface area contributed by atoms with Crippen LogP contribution in [0.15, 0.2) is 24.3 Å². The van der Waals surface area contributed by atoms with Gasteiger partial charge in [-0.25, -0.2) is 4.79 Å². The van der Waals surface area contributed by atoms with Gasteiger partial charge < -0.3 is 5.32 Å². The first-order valence-corrected chi connectivity index (χ1v) is 7.79. The number of halogens is 1. The zero-order chi connectivity index (χ0) is 15.0. The third-order valence-electron chi connectivity index (χ3n) is 4.73. The Morgan fingerprint density at radius 2 is 2.19 bits per heavy atom. The number of rotatable bonds is 2. The van der Waals surface area contributed by atoms with Crippen molar-refractivity contribution in [2.45, 2.75) is 44.7 Å². The maximum atomic E-state index is 12.8. The fraction of sp³-hybridized carbons (Fsp3) is 0.500. The largest absolute Gasteiger partial charge is 0.325 e. The lowest BCUT2D eigenvalue weighted by molar-refractivity contribution is -0.134. The highest BCUT2D eigenvalue weighted by atomic mass is 35.5. The molecule has 3 amide bonds. The van der Waals surface area contributed by atoms with Gasteiger partial charge in [0.1, 0.15) is 5.54 Å². The third kappa shape index (κ3) is 2.42. The van der Waals surface area contributed by atoms with Gasteiger partial charge in [-0.1, -0.05) is 43.5 Å². The summed E-state index contributed by atoms with van der Waals surface area (Å²) in [5.74, 6) is 0.103. The lowest BCUT2D eigenvalue weighted by atomic mass is 9.73. The van der Waals surface area contributed by atoms with Crippen LogP contribution in [-0.4, -0.2) is 22.4 Å². The van der Waals surface area contributed by atoms with Gasteiger partial charge in [-0.3, -0.25) is 9.69 Å². The van der Waals surface area contributed by atoms with Gasteiger partial charge in [0.05, 0.1) is 6.54 Å². The summed E-state index contributed by atoms with van der Waals surface area (Å²) in [5, 5.41) is 3.57. The topological polar surface area (TPSA) is 49.4 Å². The highest BCUT2D eigenvalue weighted by Gasteiger charge is 2.54. The molecule has 1 spiro atoms. The van der Waals surface area contributed by atoms with E-state index in [1.54, 1.807) is 12.1 Å². The van der Waals surface area contributed by atoms with Gasteiger partial charge in [-0.05, 0) is 36.5 Å². The molecule has 1 aliphatic heterocycles. The predicted molar refractivity (Wildman–Crippen MR) is 80.9 cm³/mol. The Bertz CT molecular complexity index is 589. The van der Waals surface area contributed by atoms with Crippen LogP contribution in [0.25, 0.3) is 0 Å². The summed E-state index contributed by atoms with van der Waals surface area (Å²) in [6, 6.07) is 6.99. The maximum Gasteiger partial charge on any atom is 0.325 e. The van der Waals surface area contributed by atoms with Gasteiger partial charge in [0, 0.05) is 5.02 Å². The van der Waals surface area contributed by atoms with Crippen LogP contribution in [0.3, 0.4) is 0 Å². The normalized spacial score (nSPS) is 29.0. The molecule has 0 unspecified atom stereocenters. The minimum atomic E-state index is -0.687. The maximum absolute atomic E-state index is 12.8. The van der Waals surface area contributed by atoms with Gasteiger partial charge >= 0.3 is 6.03 Å². The molecule has 1 aromatic rings. The van der Waals surface area contributed by atoms with Crippen molar-refractivity contribution in [2.24, 2.45) is 5.92 Å². The Labute approximate surface area is 129 Å². The second-order valence-corrected chi connectivity index (χ2v) is 6.51. The fourth-order valence-electron chi connectivity index (χ4n) is 3.46. The van der Waals surface area contributed by atoms with Crippen molar-refractivity contribution in [3.8, 4) is 0 Å². The first-order chi connectivity index (χ1) is 10.0. The zero-order valence-electron chi connectivity index (χ0n) is 12.1. The van der Waals surface area contributed by atoms with Crippen LogP contribution in [0.2, 0.25) is 5.02 Å². The standard InChI is InChI=1S/C16H19ClN2O2/c1-11-5-2-3-8-16(11)14(20)19(15(21)18-16)10-12-6-4-7-13(17)9-12/h4,6-7,9,11H,2-3,5,8,10H2,1H3,(H,18,21)/t11-,16-/m1/s1. The summed E-state index contributed by atoms with van der Waals surface area (Å²) in [5.41, 5.74) is 0.181. The van der Waals surface area contributed by atoms with E-state index < -0.39 is 5.54 Å². The fourth-order valence-corrected chi connectivity index (χ4v) is 3.67. The van der Waals surface area contributed by atoms with Crippen molar-refractivity contribution >= 4 is 23.5 Å². The minimum absolute atomic E-state index is 0.0836. The predicted octanol–water partition coefficient (Wildman–Crippen LogP) is 3.34. The van der Waals surface area contributed by atoms with Crippen LogP contribution in [0.4, 0.5) is 4.79 Å². The first-order valence-electron chi connectivity index (χ1n) is 7.41. The Balaban J connectivity index is 1.84. The summed E-state index contributed by atoms with van der Waals surface area (Å²) >= 11 is 5.96. The highest BCUT2D eigenvalue weighted by molar-refractivity contribution is 6.30. The van der Waals surface area contributed by atoms with Crippen molar-refractivity contribution in [3.63, 3.8) is 0 Å². The van der Waals surface area contributed by atoms with E-state index in [-0.39, 0.29) is 24.4 Å². The van der Waals surface area contributed by atoms with E-state index >= 15 is 0 Å². The number of urea groups is 1. The molecule has 2 aliphatic rings. The van der Waals surface area contributed by atoms with Crippen LogP contribution in [0.5, 0.6) is 0 Å². The lowest BCUT2D eigenvalue weighted by Crippen LogP contribution is -2.53. The quantitative estimate of drug-likeness (QED) is 0.852. The number of imide groups is 1. The molecule has 0 aromatic heterocycles. The van der Waals surface area contributed by atoms with E-state index in [0.717, 1.165) is 31.2 Å². The molecular weight excluding hydrogens is 288 g/mol. The summed E-state index contributed by atoms with van der Waals surface area (Å²) < 4.78 is 0. The van der Waals surface area contributed by atoms with E-state index in [1.165, 1.54) is 4.90 Å². The number of amides is 3. The Morgan fingerprint density at radius 1 is 1.38 bits per heavy atom. The average molecular weight is 307 g/mol. The van der Waals surface area contributed by atoms with E-state index in [0.29, 0.717) is 5.02 Å². The molecule has 1 saturated carbocycles. The molecule has 5 heteroatoms. The van der Waals surface area contributed by atoms with Crippen molar-refractivity contribution in [2.75, 3.05) is 0 Å². The molecule has 2 fully saturated rings. The summed E-state index contributed by atoms with van der Waals surface area (Å²) in [6.45, 7) is 2.33. The van der Waals surface area contributed by atoms with E-state index in [2.05, 4.69) is 12.2 Å². The Kier molecular flexibility index (Phi) is 3.66. The van der Waals surface area contributed by atoms with Gasteiger partial charge in [0.15, 0.2) is 0 Å². The van der Waals surface area contributed by atoms with Crippen molar-refractivity contribution in [3.05, 3.63) is 34.9 Å².